The SMILES string of the molecule is CC(C)(C)C(=O)O[C@H]1[C@@H](O[Si](C)(C)C(C)(C)C)[C@@H](O)[C@@H](CO)O[C@H]1CO. The highest BCUT2D eigenvalue weighted by molar-refractivity contribution is 6.74. The van der Waals surface area contributed by atoms with E-state index in [0.29, 0.717) is 0 Å². The van der Waals surface area contributed by atoms with Gasteiger partial charge in [0.15, 0.2) is 14.4 Å². The quantitative estimate of drug-likeness (QED) is 0.480. The van der Waals surface area contributed by atoms with E-state index in [4.69, 9.17) is 13.9 Å². The van der Waals surface area contributed by atoms with Gasteiger partial charge in [-0.25, -0.2) is 0 Å². The minimum atomic E-state index is -2.33. The maximum Gasteiger partial charge on any atom is 0.311 e. The van der Waals surface area contributed by atoms with Crippen LogP contribution in [0.3, 0.4) is 0 Å². The van der Waals surface area contributed by atoms with Crippen molar-refractivity contribution in [3.63, 3.8) is 0 Å². The van der Waals surface area contributed by atoms with Gasteiger partial charge in [0.25, 0.3) is 0 Å². The van der Waals surface area contributed by atoms with Crippen LogP contribution in [0, 0.1) is 5.41 Å². The summed E-state index contributed by atoms with van der Waals surface area (Å²) in [6.07, 6.45) is -4.80. The number of aliphatic hydroxyl groups is 3. The molecule has 3 N–H and O–H groups in total. The minimum Gasteiger partial charge on any atom is -0.456 e. The first-order valence-electron chi connectivity index (χ1n) is 9.10. The first-order valence-corrected chi connectivity index (χ1v) is 12.0. The number of ether oxygens (including phenoxy) is 2. The zero-order valence-corrected chi connectivity index (χ0v) is 18.3. The molecule has 1 fully saturated rings. The third-order valence-electron chi connectivity index (χ3n) is 5.21. The molecular weight excluding hydrogens is 356 g/mol. The van der Waals surface area contributed by atoms with E-state index >= 15 is 0 Å². The van der Waals surface area contributed by atoms with Crippen molar-refractivity contribution in [1.82, 2.24) is 0 Å². The molecule has 0 radical (unpaired) electrons. The van der Waals surface area contributed by atoms with Crippen LogP contribution in [0.5, 0.6) is 0 Å². The van der Waals surface area contributed by atoms with E-state index < -0.39 is 63.4 Å². The van der Waals surface area contributed by atoms with E-state index in [1.54, 1.807) is 20.8 Å². The lowest BCUT2D eigenvalue weighted by atomic mass is 9.93. The lowest BCUT2D eigenvalue weighted by molar-refractivity contribution is -0.243. The highest BCUT2D eigenvalue weighted by Crippen LogP contribution is 2.40. The molecule has 1 rings (SSSR count). The summed E-state index contributed by atoms with van der Waals surface area (Å²) in [5.74, 6) is -0.469. The Kier molecular flexibility index (Phi) is 7.46. The molecule has 1 heterocycles. The van der Waals surface area contributed by atoms with Crippen LogP contribution >= 0.6 is 0 Å². The third kappa shape index (κ3) is 5.27. The molecular formula is C18H36O7Si. The molecule has 0 spiro atoms. The van der Waals surface area contributed by atoms with Crippen LogP contribution in [0.15, 0.2) is 0 Å². The Morgan fingerprint density at radius 3 is 1.88 bits per heavy atom. The normalized spacial score (nSPS) is 31.0. The van der Waals surface area contributed by atoms with E-state index in [-0.39, 0.29) is 5.04 Å². The van der Waals surface area contributed by atoms with Gasteiger partial charge in [0.2, 0.25) is 0 Å². The molecule has 7 nitrogen and oxygen atoms in total. The summed E-state index contributed by atoms with van der Waals surface area (Å²) in [6, 6.07) is 0. The second kappa shape index (κ2) is 8.24. The molecule has 0 amide bonds. The first-order chi connectivity index (χ1) is 11.7. The maximum absolute atomic E-state index is 12.4. The zero-order valence-electron chi connectivity index (χ0n) is 17.3. The topological polar surface area (TPSA) is 105 Å². The third-order valence-corrected chi connectivity index (χ3v) is 9.68. The second-order valence-electron chi connectivity index (χ2n) is 9.53. The molecule has 1 aliphatic rings. The Hall–Kier alpha value is -0.513. The molecule has 0 aromatic heterocycles. The Labute approximate surface area is 157 Å². The lowest BCUT2D eigenvalue weighted by Gasteiger charge is -2.48. The number of carbonyl (C=O) groups is 1. The van der Waals surface area contributed by atoms with Crippen LogP contribution in [0.4, 0.5) is 0 Å². The summed E-state index contributed by atoms with van der Waals surface area (Å²) < 4.78 is 17.5. The van der Waals surface area contributed by atoms with Crippen molar-refractivity contribution in [3.8, 4) is 0 Å². The Morgan fingerprint density at radius 2 is 1.50 bits per heavy atom. The van der Waals surface area contributed by atoms with E-state index in [2.05, 4.69) is 20.8 Å². The molecule has 26 heavy (non-hydrogen) atoms. The summed E-state index contributed by atoms with van der Waals surface area (Å²) in [5.41, 5.74) is -0.750. The fraction of sp³-hybridized carbons (Fsp3) is 0.944. The summed E-state index contributed by atoms with van der Waals surface area (Å²) >= 11 is 0. The number of esters is 1. The van der Waals surface area contributed by atoms with E-state index in [1.807, 2.05) is 13.1 Å². The van der Waals surface area contributed by atoms with Crippen molar-refractivity contribution in [2.75, 3.05) is 13.2 Å². The lowest BCUT2D eigenvalue weighted by Crippen LogP contribution is -2.64. The monoisotopic (exact) mass is 392 g/mol. The van der Waals surface area contributed by atoms with Crippen LogP contribution in [0.1, 0.15) is 41.5 Å². The van der Waals surface area contributed by atoms with Gasteiger partial charge >= 0.3 is 5.97 Å². The summed E-state index contributed by atoms with van der Waals surface area (Å²) in [6.45, 7) is 14.6. The number of rotatable bonds is 5. The Bertz CT molecular complexity index is 481. The number of carbonyl (C=O) groups excluding carboxylic acids is 1. The average molecular weight is 393 g/mol. The van der Waals surface area contributed by atoms with Gasteiger partial charge < -0.3 is 29.2 Å². The van der Waals surface area contributed by atoms with Gasteiger partial charge in [0.05, 0.1) is 18.6 Å². The van der Waals surface area contributed by atoms with Crippen molar-refractivity contribution in [2.24, 2.45) is 5.41 Å². The van der Waals surface area contributed by atoms with Gasteiger partial charge in [-0.2, -0.15) is 0 Å². The molecule has 0 unspecified atom stereocenters. The molecule has 1 saturated heterocycles. The van der Waals surface area contributed by atoms with Crippen LogP contribution in [-0.2, 0) is 18.7 Å². The van der Waals surface area contributed by atoms with Crippen LogP contribution in [0.25, 0.3) is 0 Å². The molecule has 1 aliphatic heterocycles. The Morgan fingerprint density at radius 1 is 1.00 bits per heavy atom. The van der Waals surface area contributed by atoms with Crippen molar-refractivity contribution in [3.05, 3.63) is 0 Å². The molecule has 0 aliphatic carbocycles. The largest absolute Gasteiger partial charge is 0.456 e. The standard InChI is InChI=1S/C18H36O7Si/c1-17(2,3)16(22)24-14-12(10-20)23-11(9-19)13(21)15(14)25-26(7,8)18(4,5)6/h11-15,19-21H,9-10H2,1-8H3/t11-,12+,13+,14-,15+/m1/s1. The molecule has 0 aromatic rings. The predicted molar refractivity (Wildman–Crippen MR) is 100 cm³/mol. The van der Waals surface area contributed by atoms with Crippen LogP contribution in [0.2, 0.25) is 18.1 Å². The van der Waals surface area contributed by atoms with Gasteiger partial charge in [0.1, 0.15) is 24.4 Å². The summed E-state index contributed by atoms with van der Waals surface area (Å²) in [4.78, 5) is 12.4. The maximum atomic E-state index is 12.4. The minimum absolute atomic E-state index is 0.132. The Balaban J connectivity index is 3.22. The molecule has 0 saturated carbocycles. The van der Waals surface area contributed by atoms with Crippen molar-refractivity contribution in [2.45, 2.75) is 90.2 Å². The average Bonchev–Trinajstić information content (AvgIpc) is 2.48. The summed E-state index contributed by atoms with van der Waals surface area (Å²) in [7, 11) is -2.33. The van der Waals surface area contributed by atoms with Crippen molar-refractivity contribution < 1.29 is 34.0 Å². The fourth-order valence-electron chi connectivity index (χ4n) is 2.39. The van der Waals surface area contributed by atoms with Crippen molar-refractivity contribution >= 4 is 14.3 Å². The first kappa shape index (κ1) is 23.5. The highest BCUT2D eigenvalue weighted by Gasteiger charge is 2.52. The van der Waals surface area contributed by atoms with Gasteiger partial charge in [-0.15, -0.1) is 0 Å². The molecule has 0 aromatic carbocycles. The summed E-state index contributed by atoms with van der Waals surface area (Å²) in [5, 5.41) is 29.8. The highest BCUT2D eigenvalue weighted by atomic mass is 28.4. The number of hydrogen-bond donors (Lipinski definition) is 3. The van der Waals surface area contributed by atoms with Crippen LogP contribution < -0.4 is 0 Å². The van der Waals surface area contributed by atoms with Crippen molar-refractivity contribution in [1.29, 1.82) is 0 Å². The van der Waals surface area contributed by atoms with Gasteiger partial charge in [-0.1, -0.05) is 20.8 Å². The number of aliphatic hydroxyl groups excluding tert-OH is 3. The zero-order chi connectivity index (χ0) is 20.5. The molecule has 0 bridgehead atoms. The molecule has 5 atom stereocenters. The van der Waals surface area contributed by atoms with E-state index in [0.717, 1.165) is 0 Å². The van der Waals surface area contributed by atoms with Gasteiger partial charge in [0, 0.05) is 0 Å². The molecule has 154 valence electrons. The fourth-order valence-corrected chi connectivity index (χ4v) is 3.70. The van der Waals surface area contributed by atoms with E-state index in [9.17, 15) is 20.1 Å². The number of hydrogen-bond acceptors (Lipinski definition) is 7. The molecule has 8 heteroatoms. The van der Waals surface area contributed by atoms with E-state index in [1.165, 1.54) is 0 Å². The van der Waals surface area contributed by atoms with Crippen LogP contribution in [-0.4, -0.2) is 73.3 Å². The smallest absolute Gasteiger partial charge is 0.311 e. The second-order valence-corrected chi connectivity index (χ2v) is 14.3. The van der Waals surface area contributed by atoms with Gasteiger partial charge in [-0.05, 0) is 38.9 Å². The van der Waals surface area contributed by atoms with Gasteiger partial charge in [-0.3, -0.25) is 4.79 Å². The predicted octanol–water partition coefficient (Wildman–Crippen LogP) is 1.45.